The monoisotopic (exact) mass is 376 g/mol. The molecule has 0 heterocycles. The van der Waals surface area contributed by atoms with Gasteiger partial charge >= 0.3 is 5.97 Å². The fraction of sp³-hybridized carbons (Fsp3) is 0.400. The van der Waals surface area contributed by atoms with Gasteiger partial charge in [0.25, 0.3) is 5.91 Å². The maximum atomic E-state index is 12.8. The van der Waals surface area contributed by atoms with Gasteiger partial charge in [-0.3, -0.25) is 4.79 Å². The number of hydrogen-bond donors (Lipinski definition) is 3. The number of nitrogen functional groups attached to an aromatic ring is 1. The van der Waals surface area contributed by atoms with Crippen LogP contribution in [0.15, 0.2) is 36.4 Å². The molecule has 140 valence electrons. The van der Waals surface area contributed by atoms with Gasteiger partial charge in [-0.25, -0.2) is 4.79 Å². The molecular formula is C20H25ClN2O3. The van der Waals surface area contributed by atoms with E-state index >= 15 is 0 Å². The number of rotatable bonds is 4. The van der Waals surface area contributed by atoms with Crippen molar-refractivity contribution in [3.63, 3.8) is 0 Å². The van der Waals surface area contributed by atoms with Crippen LogP contribution in [-0.2, 0) is 4.79 Å². The van der Waals surface area contributed by atoms with Crippen molar-refractivity contribution in [2.45, 2.75) is 44.6 Å². The lowest BCUT2D eigenvalue weighted by Crippen LogP contribution is -2.57. The molecule has 0 aliphatic heterocycles. The minimum Gasteiger partial charge on any atom is -0.480 e. The first kappa shape index (κ1) is 20.0. The zero-order valence-electron chi connectivity index (χ0n) is 14.8. The van der Waals surface area contributed by atoms with Crippen LogP contribution in [0.25, 0.3) is 10.8 Å². The lowest BCUT2D eigenvalue weighted by Gasteiger charge is -2.37. The van der Waals surface area contributed by atoms with Gasteiger partial charge in [-0.1, -0.05) is 43.5 Å². The maximum Gasteiger partial charge on any atom is 0.329 e. The number of carboxylic acid groups (broad SMARTS) is 1. The van der Waals surface area contributed by atoms with E-state index in [1.54, 1.807) is 19.1 Å². The molecule has 1 fully saturated rings. The van der Waals surface area contributed by atoms with Gasteiger partial charge in [-0.05, 0) is 48.6 Å². The van der Waals surface area contributed by atoms with Gasteiger partial charge < -0.3 is 16.2 Å². The second-order valence-electron chi connectivity index (χ2n) is 7.08. The number of hydrogen-bond acceptors (Lipinski definition) is 3. The van der Waals surface area contributed by atoms with Crippen LogP contribution in [0.5, 0.6) is 0 Å². The summed E-state index contributed by atoms with van der Waals surface area (Å²) in [7, 11) is 0. The molecule has 0 unspecified atom stereocenters. The molecule has 1 saturated carbocycles. The van der Waals surface area contributed by atoms with Crippen molar-refractivity contribution in [1.29, 1.82) is 0 Å². The highest BCUT2D eigenvalue weighted by Gasteiger charge is 2.43. The number of benzene rings is 2. The van der Waals surface area contributed by atoms with E-state index in [0.29, 0.717) is 11.3 Å². The third-order valence-electron chi connectivity index (χ3n) is 5.40. The topological polar surface area (TPSA) is 92.4 Å². The standard InChI is InChI=1S/C20H24N2O3.ClH/c1-20(19(24)25,15-9-3-2-4-10-15)22-18(23)16-11-13-7-5-6-8-14(13)12-17(16)21;/h5-8,11-12,15H,2-4,9-10,21H2,1H3,(H,22,23)(H,24,25);1H/t20-;/m0./s1. The zero-order chi connectivity index (χ0) is 18.0. The molecule has 26 heavy (non-hydrogen) atoms. The normalized spacial score (nSPS) is 17.1. The highest BCUT2D eigenvalue weighted by molar-refractivity contribution is 6.05. The van der Waals surface area contributed by atoms with E-state index < -0.39 is 17.4 Å². The van der Waals surface area contributed by atoms with Crippen LogP contribution in [0.2, 0.25) is 0 Å². The van der Waals surface area contributed by atoms with E-state index in [0.717, 1.165) is 42.9 Å². The largest absolute Gasteiger partial charge is 0.480 e. The Kier molecular flexibility index (Phi) is 6.13. The van der Waals surface area contributed by atoms with Gasteiger partial charge in [0.05, 0.1) is 5.56 Å². The molecule has 4 N–H and O–H groups in total. The number of carbonyl (C=O) groups is 2. The van der Waals surface area contributed by atoms with Crippen LogP contribution in [0.1, 0.15) is 49.4 Å². The Balaban J connectivity index is 0.00000243. The fourth-order valence-corrected chi connectivity index (χ4v) is 3.77. The van der Waals surface area contributed by atoms with Gasteiger partial charge in [-0.15, -0.1) is 12.4 Å². The number of amides is 1. The molecule has 0 saturated heterocycles. The van der Waals surface area contributed by atoms with Crippen molar-refractivity contribution in [2.24, 2.45) is 5.92 Å². The third kappa shape index (κ3) is 3.78. The van der Waals surface area contributed by atoms with Crippen LogP contribution in [-0.4, -0.2) is 22.5 Å². The lowest BCUT2D eigenvalue weighted by molar-refractivity contribution is -0.146. The minimum absolute atomic E-state index is 0. The average molecular weight is 377 g/mol. The SMILES string of the molecule is C[C@@](NC(=O)c1cc2ccccc2cc1N)(C(=O)O)C1CCCCC1.Cl. The Morgan fingerprint density at radius 2 is 1.69 bits per heavy atom. The number of carboxylic acids is 1. The summed E-state index contributed by atoms with van der Waals surface area (Å²) < 4.78 is 0. The summed E-state index contributed by atoms with van der Waals surface area (Å²) >= 11 is 0. The van der Waals surface area contributed by atoms with E-state index in [-0.39, 0.29) is 18.3 Å². The van der Waals surface area contributed by atoms with Crippen LogP contribution < -0.4 is 11.1 Å². The van der Waals surface area contributed by atoms with Crippen molar-refractivity contribution < 1.29 is 14.7 Å². The predicted octanol–water partition coefficient (Wildman–Crippen LogP) is 4.00. The first-order chi connectivity index (χ1) is 11.9. The molecule has 2 aromatic rings. The minimum atomic E-state index is -1.28. The number of nitrogens with two attached hydrogens (primary N) is 1. The van der Waals surface area contributed by atoms with Crippen molar-refractivity contribution in [3.05, 3.63) is 42.0 Å². The van der Waals surface area contributed by atoms with Crippen molar-refractivity contribution in [1.82, 2.24) is 5.32 Å². The Morgan fingerprint density at radius 3 is 2.27 bits per heavy atom. The molecule has 0 aromatic heterocycles. The molecule has 1 aliphatic rings. The Morgan fingerprint density at radius 1 is 1.12 bits per heavy atom. The molecule has 1 aliphatic carbocycles. The average Bonchev–Trinajstić information content (AvgIpc) is 2.61. The molecule has 3 rings (SSSR count). The summed E-state index contributed by atoms with van der Waals surface area (Å²) in [5.41, 5.74) is 5.45. The summed E-state index contributed by atoms with van der Waals surface area (Å²) in [5, 5.41) is 14.4. The Labute approximate surface area is 159 Å². The lowest BCUT2D eigenvalue weighted by atomic mass is 9.75. The number of halogens is 1. The number of fused-ring (bicyclic) bond motifs is 1. The second kappa shape index (κ2) is 7.96. The number of carbonyl (C=O) groups excluding carboxylic acids is 1. The van der Waals surface area contributed by atoms with Crippen LogP contribution in [0, 0.1) is 5.92 Å². The maximum absolute atomic E-state index is 12.8. The molecule has 0 radical (unpaired) electrons. The summed E-state index contributed by atoms with van der Waals surface area (Å²) in [6, 6.07) is 11.1. The fourth-order valence-electron chi connectivity index (χ4n) is 3.77. The highest BCUT2D eigenvalue weighted by atomic mass is 35.5. The van der Waals surface area contributed by atoms with Crippen molar-refractivity contribution in [2.75, 3.05) is 5.73 Å². The molecule has 5 nitrogen and oxygen atoms in total. The molecule has 2 aromatic carbocycles. The van der Waals surface area contributed by atoms with Gasteiger partial charge in [0.2, 0.25) is 0 Å². The smallest absolute Gasteiger partial charge is 0.329 e. The summed E-state index contributed by atoms with van der Waals surface area (Å²) in [5.74, 6) is -1.49. The Bertz CT molecular complexity index is 818. The molecule has 1 amide bonds. The Hall–Kier alpha value is -2.27. The molecule has 0 bridgehead atoms. The van der Waals surface area contributed by atoms with Crippen LogP contribution >= 0.6 is 12.4 Å². The first-order valence-electron chi connectivity index (χ1n) is 8.76. The van der Waals surface area contributed by atoms with E-state index in [9.17, 15) is 14.7 Å². The second-order valence-corrected chi connectivity index (χ2v) is 7.08. The summed E-state index contributed by atoms with van der Waals surface area (Å²) in [6.45, 7) is 1.61. The number of nitrogens with one attached hydrogen (secondary N) is 1. The van der Waals surface area contributed by atoms with Gasteiger partial charge in [0.1, 0.15) is 5.54 Å². The number of anilines is 1. The summed E-state index contributed by atoms with van der Waals surface area (Å²) in [4.78, 5) is 24.8. The highest BCUT2D eigenvalue weighted by Crippen LogP contribution is 2.33. The molecular weight excluding hydrogens is 352 g/mol. The quantitative estimate of drug-likeness (QED) is 0.703. The van der Waals surface area contributed by atoms with E-state index in [1.807, 2.05) is 24.3 Å². The third-order valence-corrected chi connectivity index (χ3v) is 5.40. The van der Waals surface area contributed by atoms with Crippen molar-refractivity contribution in [3.8, 4) is 0 Å². The summed E-state index contributed by atoms with van der Waals surface area (Å²) in [6.07, 6.45) is 4.76. The molecule has 6 heteroatoms. The zero-order valence-corrected chi connectivity index (χ0v) is 15.6. The first-order valence-corrected chi connectivity index (χ1v) is 8.76. The van der Waals surface area contributed by atoms with Crippen LogP contribution in [0.4, 0.5) is 5.69 Å². The molecule has 0 spiro atoms. The van der Waals surface area contributed by atoms with Gasteiger partial charge in [-0.2, -0.15) is 0 Å². The van der Waals surface area contributed by atoms with E-state index in [1.165, 1.54) is 0 Å². The van der Waals surface area contributed by atoms with E-state index in [4.69, 9.17) is 5.73 Å². The van der Waals surface area contributed by atoms with Gasteiger partial charge in [0.15, 0.2) is 0 Å². The predicted molar refractivity (Wildman–Crippen MR) is 106 cm³/mol. The van der Waals surface area contributed by atoms with E-state index in [2.05, 4.69) is 5.32 Å². The van der Waals surface area contributed by atoms with Gasteiger partial charge in [0, 0.05) is 5.69 Å². The van der Waals surface area contributed by atoms with Crippen molar-refractivity contribution >= 4 is 40.7 Å². The van der Waals surface area contributed by atoms with Crippen LogP contribution in [0.3, 0.4) is 0 Å². The number of aliphatic carboxylic acids is 1. The molecule has 1 atom stereocenters.